The van der Waals surface area contributed by atoms with Crippen molar-refractivity contribution >= 4 is 17.7 Å². The van der Waals surface area contributed by atoms with E-state index in [1.165, 1.54) is 6.07 Å². The topological polar surface area (TPSA) is 46.3 Å². The first-order chi connectivity index (χ1) is 10.2. The first kappa shape index (κ1) is 17.1. The van der Waals surface area contributed by atoms with Crippen molar-refractivity contribution in [1.29, 1.82) is 0 Å². The van der Waals surface area contributed by atoms with Crippen molar-refractivity contribution in [2.24, 2.45) is 11.1 Å². The molecule has 0 radical (unpaired) electrons. The lowest BCUT2D eigenvalue weighted by Gasteiger charge is -2.22. The highest BCUT2D eigenvalue weighted by atomic mass is 32.2. The summed E-state index contributed by atoms with van der Waals surface area (Å²) in [5, 5.41) is 0. The zero-order chi connectivity index (χ0) is 16.4. The van der Waals surface area contributed by atoms with E-state index in [2.05, 4.69) is 0 Å². The number of nitrogens with two attached hydrogens (primary N) is 1. The molecule has 0 saturated carbocycles. The molecule has 1 saturated heterocycles. The summed E-state index contributed by atoms with van der Waals surface area (Å²) < 4.78 is 37.9. The van der Waals surface area contributed by atoms with Crippen molar-refractivity contribution in [3.8, 4) is 0 Å². The first-order valence-corrected chi connectivity index (χ1v) is 8.00. The maximum absolute atomic E-state index is 12.6. The number of carbonyl (C=O) groups is 1. The molecule has 22 heavy (non-hydrogen) atoms. The molecule has 0 aliphatic carbocycles. The van der Waals surface area contributed by atoms with Gasteiger partial charge >= 0.3 is 6.18 Å². The SMILES string of the molecule is CC1(CN)CCN(C(=O)CSc2cccc(C(F)(F)F)c2)C1. The van der Waals surface area contributed by atoms with Crippen LogP contribution in [-0.4, -0.2) is 36.2 Å². The molecule has 7 heteroatoms. The molecule has 1 fully saturated rings. The molecule has 0 spiro atoms. The Labute approximate surface area is 132 Å². The van der Waals surface area contributed by atoms with Gasteiger partial charge in [-0.3, -0.25) is 4.79 Å². The van der Waals surface area contributed by atoms with Crippen molar-refractivity contribution in [1.82, 2.24) is 4.90 Å². The summed E-state index contributed by atoms with van der Waals surface area (Å²) in [6.07, 6.45) is -3.50. The van der Waals surface area contributed by atoms with Crippen LogP contribution in [0.1, 0.15) is 18.9 Å². The molecule has 0 aromatic heterocycles. The molecule has 1 unspecified atom stereocenters. The predicted molar refractivity (Wildman–Crippen MR) is 80.5 cm³/mol. The average Bonchev–Trinajstić information content (AvgIpc) is 2.88. The van der Waals surface area contributed by atoms with E-state index in [0.29, 0.717) is 24.5 Å². The zero-order valence-electron chi connectivity index (χ0n) is 12.3. The number of nitrogens with zero attached hydrogens (tertiary/aromatic N) is 1. The number of alkyl halides is 3. The molecule has 1 heterocycles. The molecular weight excluding hydrogens is 313 g/mol. The number of likely N-dealkylation sites (tertiary alicyclic amines) is 1. The summed E-state index contributed by atoms with van der Waals surface area (Å²) in [6.45, 7) is 3.85. The van der Waals surface area contributed by atoms with Crippen molar-refractivity contribution in [3.05, 3.63) is 29.8 Å². The fraction of sp³-hybridized carbons (Fsp3) is 0.533. The summed E-state index contributed by atoms with van der Waals surface area (Å²) in [5.41, 5.74) is 4.97. The minimum absolute atomic E-state index is 0.0451. The molecule has 1 aromatic rings. The summed E-state index contributed by atoms with van der Waals surface area (Å²) in [7, 11) is 0. The number of amides is 1. The number of rotatable bonds is 4. The number of carbonyl (C=O) groups excluding carboxylic acids is 1. The van der Waals surface area contributed by atoms with E-state index in [1.807, 2.05) is 6.92 Å². The van der Waals surface area contributed by atoms with E-state index < -0.39 is 11.7 Å². The number of hydrogen-bond acceptors (Lipinski definition) is 3. The van der Waals surface area contributed by atoms with E-state index in [0.717, 1.165) is 30.3 Å². The molecule has 1 atom stereocenters. The van der Waals surface area contributed by atoms with Gasteiger partial charge in [-0.2, -0.15) is 13.2 Å². The van der Waals surface area contributed by atoms with Crippen LogP contribution >= 0.6 is 11.8 Å². The van der Waals surface area contributed by atoms with E-state index in [1.54, 1.807) is 11.0 Å². The van der Waals surface area contributed by atoms with E-state index >= 15 is 0 Å². The minimum atomic E-state index is -4.36. The summed E-state index contributed by atoms with van der Waals surface area (Å²) in [5.74, 6) is 0.0849. The van der Waals surface area contributed by atoms with Gasteiger partial charge in [0.1, 0.15) is 0 Å². The Hall–Kier alpha value is -1.21. The van der Waals surface area contributed by atoms with E-state index in [-0.39, 0.29) is 17.1 Å². The molecule has 2 N–H and O–H groups in total. The Morgan fingerprint density at radius 2 is 2.18 bits per heavy atom. The van der Waals surface area contributed by atoms with Gasteiger partial charge in [0.05, 0.1) is 11.3 Å². The van der Waals surface area contributed by atoms with Crippen LogP contribution in [0.5, 0.6) is 0 Å². The standard InChI is InChI=1S/C15H19F3N2OS/c1-14(9-19)5-6-20(10-14)13(21)8-22-12-4-2-3-11(7-12)15(16,17)18/h2-4,7H,5-6,8-10,19H2,1H3. The summed E-state index contributed by atoms with van der Waals surface area (Å²) in [4.78, 5) is 14.3. The highest BCUT2D eigenvalue weighted by Gasteiger charge is 2.34. The zero-order valence-corrected chi connectivity index (χ0v) is 13.1. The molecule has 3 nitrogen and oxygen atoms in total. The van der Waals surface area contributed by atoms with Gasteiger partial charge in [0.2, 0.25) is 5.91 Å². The Morgan fingerprint density at radius 1 is 1.45 bits per heavy atom. The van der Waals surface area contributed by atoms with Crippen molar-refractivity contribution in [3.63, 3.8) is 0 Å². The highest BCUT2D eigenvalue weighted by molar-refractivity contribution is 8.00. The van der Waals surface area contributed by atoms with Gasteiger partial charge in [0, 0.05) is 18.0 Å². The van der Waals surface area contributed by atoms with Crippen LogP contribution in [-0.2, 0) is 11.0 Å². The van der Waals surface area contributed by atoms with E-state index in [4.69, 9.17) is 5.73 Å². The second kappa shape index (κ2) is 6.50. The predicted octanol–water partition coefficient (Wildman–Crippen LogP) is 2.99. The molecule has 1 amide bonds. The van der Waals surface area contributed by atoms with Gasteiger partial charge in [0.25, 0.3) is 0 Å². The van der Waals surface area contributed by atoms with Crippen LogP contribution in [0.15, 0.2) is 29.2 Å². The fourth-order valence-corrected chi connectivity index (χ4v) is 3.26. The lowest BCUT2D eigenvalue weighted by molar-refractivity contribution is -0.137. The van der Waals surface area contributed by atoms with Gasteiger partial charge in [-0.05, 0) is 36.6 Å². The maximum Gasteiger partial charge on any atom is 0.416 e. The van der Waals surface area contributed by atoms with Crippen LogP contribution in [0.2, 0.25) is 0 Å². The van der Waals surface area contributed by atoms with Gasteiger partial charge < -0.3 is 10.6 Å². The van der Waals surface area contributed by atoms with Crippen molar-refractivity contribution in [2.75, 3.05) is 25.4 Å². The quantitative estimate of drug-likeness (QED) is 0.862. The molecule has 122 valence electrons. The third-order valence-corrected chi connectivity index (χ3v) is 4.91. The van der Waals surface area contributed by atoms with Crippen LogP contribution in [0.25, 0.3) is 0 Å². The van der Waals surface area contributed by atoms with Crippen molar-refractivity contribution in [2.45, 2.75) is 24.4 Å². The largest absolute Gasteiger partial charge is 0.416 e. The molecule has 1 aliphatic rings. The summed E-state index contributed by atoms with van der Waals surface area (Å²) in [6, 6.07) is 5.04. The number of hydrogen-bond donors (Lipinski definition) is 1. The van der Waals surface area contributed by atoms with Crippen LogP contribution in [0.3, 0.4) is 0 Å². The highest BCUT2D eigenvalue weighted by Crippen LogP contribution is 2.33. The third kappa shape index (κ3) is 4.16. The minimum Gasteiger partial charge on any atom is -0.341 e. The van der Waals surface area contributed by atoms with Gasteiger partial charge in [0.15, 0.2) is 0 Å². The molecule has 2 rings (SSSR count). The van der Waals surface area contributed by atoms with Crippen LogP contribution in [0.4, 0.5) is 13.2 Å². The fourth-order valence-electron chi connectivity index (χ4n) is 2.40. The van der Waals surface area contributed by atoms with Gasteiger partial charge in [-0.1, -0.05) is 13.0 Å². The first-order valence-electron chi connectivity index (χ1n) is 7.01. The third-order valence-electron chi connectivity index (χ3n) is 3.93. The normalized spacial score (nSPS) is 22.1. The number of benzene rings is 1. The number of thioether (sulfide) groups is 1. The molecule has 1 aromatic carbocycles. The van der Waals surface area contributed by atoms with Crippen LogP contribution < -0.4 is 5.73 Å². The average molecular weight is 332 g/mol. The Bertz CT molecular complexity index is 550. The lowest BCUT2D eigenvalue weighted by atomic mass is 9.90. The summed E-state index contributed by atoms with van der Waals surface area (Å²) >= 11 is 1.13. The van der Waals surface area contributed by atoms with E-state index in [9.17, 15) is 18.0 Å². The molecule has 0 bridgehead atoms. The number of halogens is 3. The van der Waals surface area contributed by atoms with Crippen LogP contribution in [0, 0.1) is 5.41 Å². The lowest BCUT2D eigenvalue weighted by Crippen LogP contribution is -2.35. The van der Waals surface area contributed by atoms with Crippen molar-refractivity contribution < 1.29 is 18.0 Å². The second-order valence-corrected chi connectivity index (χ2v) is 6.94. The molecular formula is C15H19F3N2OS. The molecule has 1 aliphatic heterocycles. The Balaban J connectivity index is 1.92. The second-order valence-electron chi connectivity index (χ2n) is 5.89. The van der Waals surface area contributed by atoms with Gasteiger partial charge in [-0.15, -0.1) is 11.8 Å². The smallest absolute Gasteiger partial charge is 0.341 e. The Morgan fingerprint density at radius 3 is 2.77 bits per heavy atom. The maximum atomic E-state index is 12.6. The monoisotopic (exact) mass is 332 g/mol. The Kier molecular flexibility index (Phi) is 5.07. The van der Waals surface area contributed by atoms with Gasteiger partial charge in [-0.25, -0.2) is 0 Å².